The zero-order chi connectivity index (χ0) is 20.5. The number of anilines is 1. The first-order valence-electron chi connectivity index (χ1n) is 8.82. The number of aryl methyl sites for hydroxylation is 1. The summed E-state index contributed by atoms with van der Waals surface area (Å²) in [6.45, 7) is 6.30. The Morgan fingerprint density at radius 3 is 2.68 bits per heavy atom. The number of nitriles is 1. The van der Waals surface area contributed by atoms with Crippen molar-refractivity contribution < 1.29 is 14.3 Å². The SMILES string of the molecule is C#CCOc1ccc(/C=C(\C#N)C(=O)Nc2cccc(C)c2C)cc1OCC. The maximum atomic E-state index is 12.6. The van der Waals surface area contributed by atoms with Gasteiger partial charge in [-0.3, -0.25) is 4.79 Å². The molecule has 5 nitrogen and oxygen atoms in total. The lowest BCUT2D eigenvalue weighted by Crippen LogP contribution is -2.14. The summed E-state index contributed by atoms with van der Waals surface area (Å²) >= 11 is 0. The Hall–Kier alpha value is -3.70. The topological polar surface area (TPSA) is 71.3 Å². The Bertz CT molecular complexity index is 978. The minimum atomic E-state index is -0.471. The van der Waals surface area contributed by atoms with E-state index in [9.17, 15) is 10.1 Å². The predicted molar refractivity (Wildman–Crippen MR) is 110 cm³/mol. The second-order valence-corrected chi connectivity index (χ2v) is 6.00. The largest absolute Gasteiger partial charge is 0.490 e. The van der Waals surface area contributed by atoms with E-state index in [0.717, 1.165) is 11.1 Å². The third kappa shape index (κ3) is 5.16. The molecule has 1 amide bonds. The summed E-state index contributed by atoms with van der Waals surface area (Å²) < 4.78 is 11.0. The first-order valence-corrected chi connectivity index (χ1v) is 8.82. The molecule has 0 aliphatic heterocycles. The number of carbonyl (C=O) groups is 1. The molecule has 0 unspecified atom stereocenters. The van der Waals surface area contributed by atoms with E-state index in [1.807, 2.05) is 39.0 Å². The summed E-state index contributed by atoms with van der Waals surface area (Å²) in [6, 6.07) is 12.7. The summed E-state index contributed by atoms with van der Waals surface area (Å²) in [7, 11) is 0. The van der Waals surface area contributed by atoms with E-state index < -0.39 is 5.91 Å². The smallest absolute Gasteiger partial charge is 0.266 e. The number of carbonyl (C=O) groups excluding carboxylic acids is 1. The Morgan fingerprint density at radius 2 is 2.00 bits per heavy atom. The van der Waals surface area contributed by atoms with Crippen molar-refractivity contribution in [1.82, 2.24) is 0 Å². The first-order chi connectivity index (χ1) is 13.5. The van der Waals surface area contributed by atoms with E-state index in [4.69, 9.17) is 15.9 Å². The van der Waals surface area contributed by atoms with E-state index in [1.54, 1.807) is 24.3 Å². The summed E-state index contributed by atoms with van der Waals surface area (Å²) in [5.41, 5.74) is 3.33. The highest BCUT2D eigenvalue weighted by Gasteiger charge is 2.13. The molecule has 0 atom stereocenters. The van der Waals surface area contributed by atoms with Gasteiger partial charge in [0.1, 0.15) is 18.2 Å². The molecule has 0 aliphatic rings. The number of terminal acetylenes is 1. The van der Waals surface area contributed by atoms with Crippen LogP contribution in [-0.4, -0.2) is 19.1 Å². The zero-order valence-electron chi connectivity index (χ0n) is 16.2. The van der Waals surface area contributed by atoms with Crippen LogP contribution in [0.2, 0.25) is 0 Å². The maximum Gasteiger partial charge on any atom is 0.266 e. The fourth-order valence-electron chi connectivity index (χ4n) is 2.51. The first kappa shape index (κ1) is 20.6. The molecule has 0 saturated heterocycles. The Balaban J connectivity index is 2.29. The fraction of sp³-hybridized carbons (Fsp3) is 0.217. The Morgan fingerprint density at radius 1 is 1.21 bits per heavy atom. The van der Waals surface area contributed by atoms with Crippen LogP contribution in [-0.2, 0) is 4.79 Å². The summed E-state index contributed by atoms with van der Waals surface area (Å²) in [6.07, 6.45) is 6.73. The number of ether oxygens (including phenoxy) is 2. The number of nitrogens with one attached hydrogen (secondary N) is 1. The van der Waals surface area contributed by atoms with Crippen molar-refractivity contribution >= 4 is 17.7 Å². The van der Waals surface area contributed by atoms with E-state index in [2.05, 4.69) is 11.2 Å². The molecule has 0 aliphatic carbocycles. The second-order valence-electron chi connectivity index (χ2n) is 6.00. The van der Waals surface area contributed by atoms with Crippen molar-refractivity contribution in [2.24, 2.45) is 0 Å². The zero-order valence-corrected chi connectivity index (χ0v) is 16.2. The molecule has 0 saturated carbocycles. The van der Waals surface area contributed by atoms with Crippen LogP contribution in [0.5, 0.6) is 11.5 Å². The number of rotatable bonds is 7. The van der Waals surface area contributed by atoms with Crippen LogP contribution in [0.4, 0.5) is 5.69 Å². The van der Waals surface area contributed by atoms with Gasteiger partial charge in [0.05, 0.1) is 6.61 Å². The molecule has 0 bridgehead atoms. The number of hydrogen-bond acceptors (Lipinski definition) is 4. The molecule has 5 heteroatoms. The van der Waals surface area contributed by atoms with Crippen LogP contribution in [0.15, 0.2) is 42.0 Å². The second kappa shape index (κ2) is 9.85. The van der Waals surface area contributed by atoms with Crippen LogP contribution in [0.1, 0.15) is 23.6 Å². The lowest BCUT2D eigenvalue weighted by atomic mass is 10.1. The van der Waals surface area contributed by atoms with E-state index in [-0.39, 0.29) is 12.2 Å². The van der Waals surface area contributed by atoms with E-state index in [0.29, 0.717) is 29.4 Å². The van der Waals surface area contributed by atoms with E-state index >= 15 is 0 Å². The number of amides is 1. The third-order valence-electron chi connectivity index (χ3n) is 4.11. The number of nitrogens with zero attached hydrogens (tertiary/aromatic N) is 1. The highest BCUT2D eigenvalue weighted by Crippen LogP contribution is 2.29. The molecule has 0 heterocycles. The van der Waals surface area contributed by atoms with Crippen molar-refractivity contribution in [3.8, 4) is 29.9 Å². The average Bonchev–Trinajstić information content (AvgIpc) is 2.69. The highest BCUT2D eigenvalue weighted by atomic mass is 16.5. The summed E-state index contributed by atoms with van der Waals surface area (Å²) in [5, 5.41) is 12.2. The van der Waals surface area contributed by atoms with Crippen molar-refractivity contribution in [1.29, 1.82) is 5.26 Å². The molecule has 2 aromatic carbocycles. The molecule has 142 valence electrons. The van der Waals surface area contributed by atoms with Crippen LogP contribution < -0.4 is 14.8 Å². The highest BCUT2D eigenvalue weighted by molar-refractivity contribution is 6.10. The lowest BCUT2D eigenvalue weighted by Gasteiger charge is -2.12. The van der Waals surface area contributed by atoms with Crippen LogP contribution >= 0.6 is 0 Å². The minimum Gasteiger partial charge on any atom is -0.490 e. The van der Waals surface area contributed by atoms with Gasteiger partial charge in [0.15, 0.2) is 11.5 Å². The molecule has 28 heavy (non-hydrogen) atoms. The normalized spacial score (nSPS) is 10.5. The maximum absolute atomic E-state index is 12.6. The molecule has 0 fully saturated rings. The third-order valence-corrected chi connectivity index (χ3v) is 4.11. The average molecular weight is 374 g/mol. The van der Waals surface area contributed by atoms with Crippen molar-refractivity contribution in [2.45, 2.75) is 20.8 Å². The fourth-order valence-corrected chi connectivity index (χ4v) is 2.51. The molecule has 2 aromatic rings. The van der Waals surface area contributed by atoms with Crippen LogP contribution in [0.3, 0.4) is 0 Å². The number of benzene rings is 2. The van der Waals surface area contributed by atoms with Gasteiger partial charge < -0.3 is 14.8 Å². The van der Waals surface area contributed by atoms with Gasteiger partial charge in [-0.05, 0) is 61.7 Å². The van der Waals surface area contributed by atoms with Crippen molar-refractivity contribution in [2.75, 3.05) is 18.5 Å². The number of hydrogen-bond donors (Lipinski definition) is 1. The molecule has 1 N–H and O–H groups in total. The van der Waals surface area contributed by atoms with Crippen LogP contribution in [0.25, 0.3) is 6.08 Å². The summed E-state index contributed by atoms with van der Waals surface area (Å²) in [4.78, 5) is 12.6. The molecular formula is C23H22N2O3. The quantitative estimate of drug-likeness (QED) is 0.447. The van der Waals surface area contributed by atoms with Gasteiger partial charge in [0.2, 0.25) is 0 Å². The molecule has 0 aromatic heterocycles. The monoisotopic (exact) mass is 374 g/mol. The predicted octanol–water partition coefficient (Wildman–Crippen LogP) is 4.26. The van der Waals surface area contributed by atoms with Gasteiger partial charge in [0, 0.05) is 5.69 Å². The standard InChI is InChI=1S/C23H22N2O3/c1-5-12-28-21-11-10-18(14-22(21)27-6-2)13-19(15-24)23(26)25-20-9-7-8-16(3)17(20)4/h1,7-11,13-14H,6,12H2,2-4H3,(H,25,26)/b19-13+. The van der Waals surface area contributed by atoms with Gasteiger partial charge in [-0.25, -0.2) is 0 Å². The van der Waals surface area contributed by atoms with Crippen molar-refractivity contribution in [3.05, 3.63) is 58.7 Å². The Labute approximate surface area is 165 Å². The van der Waals surface area contributed by atoms with Crippen LogP contribution in [0, 0.1) is 37.5 Å². The van der Waals surface area contributed by atoms with Crippen molar-refractivity contribution in [3.63, 3.8) is 0 Å². The van der Waals surface area contributed by atoms with Gasteiger partial charge >= 0.3 is 0 Å². The van der Waals surface area contributed by atoms with Gasteiger partial charge in [0.25, 0.3) is 5.91 Å². The molecule has 0 radical (unpaired) electrons. The molecule has 2 rings (SSSR count). The Kier molecular flexibility index (Phi) is 7.25. The summed E-state index contributed by atoms with van der Waals surface area (Å²) in [5.74, 6) is 2.94. The molecular weight excluding hydrogens is 352 g/mol. The van der Waals surface area contributed by atoms with Gasteiger partial charge in [-0.2, -0.15) is 5.26 Å². The minimum absolute atomic E-state index is 0.0133. The molecule has 0 spiro atoms. The van der Waals surface area contributed by atoms with E-state index in [1.165, 1.54) is 6.08 Å². The lowest BCUT2D eigenvalue weighted by molar-refractivity contribution is -0.112. The van der Waals surface area contributed by atoms with Gasteiger partial charge in [-0.15, -0.1) is 6.42 Å². The van der Waals surface area contributed by atoms with Gasteiger partial charge in [-0.1, -0.05) is 24.1 Å².